The van der Waals surface area contributed by atoms with Crippen LogP contribution >= 0.6 is 0 Å². The lowest BCUT2D eigenvalue weighted by molar-refractivity contribution is 0.134. The Balaban J connectivity index is 1.99. The lowest BCUT2D eigenvalue weighted by Crippen LogP contribution is -2.03. The van der Waals surface area contributed by atoms with Gasteiger partial charge >= 0.3 is 0 Å². The zero-order valence-electron chi connectivity index (χ0n) is 9.94. The van der Waals surface area contributed by atoms with Gasteiger partial charge in [-0.1, -0.05) is 18.2 Å². The zero-order chi connectivity index (χ0) is 11.9. The first kappa shape index (κ1) is 11.7. The van der Waals surface area contributed by atoms with Crippen LogP contribution in [-0.2, 0) is 17.9 Å². The summed E-state index contributed by atoms with van der Waals surface area (Å²) in [5.41, 5.74) is 3.35. The Bertz CT molecular complexity index is 440. The predicted octanol–water partition coefficient (Wildman–Crippen LogP) is 2.56. The number of rotatable bonds is 6. The third-order valence-electron chi connectivity index (χ3n) is 2.51. The monoisotopic (exact) mass is 231 g/mol. The summed E-state index contributed by atoms with van der Waals surface area (Å²) in [6, 6.07) is 10.1. The Labute approximate surface area is 101 Å². The van der Waals surface area contributed by atoms with Crippen molar-refractivity contribution in [2.24, 2.45) is 0 Å². The SMILES string of the molecule is CCOCc1ccccc1NCc1ccn[nH]1. The normalized spacial score (nSPS) is 10.4. The first-order chi connectivity index (χ1) is 8.40. The summed E-state index contributed by atoms with van der Waals surface area (Å²) < 4.78 is 5.44. The number of para-hydroxylation sites is 1. The van der Waals surface area contributed by atoms with Gasteiger partial charge in [0.05, 0.1) is 18.8 Å². The van der Waals surface area contributed by atoms with Gasteiger partial charge in [0, 0.05) is 24.1 Å². The summed E-state index contributed by atoms with van der Waals surface area (Å²) in [7, 11) is 0. The summed E-state index contributed by atoms with van der Waals surface area (Å²) in [6.45, 7) is 4.11. The van der Waals surface area contributed by atoms with Gasteiger partial charge in [-0.2, -0.15) is 5.10 Å². The van der Waals surface area contributed by atoms with Gasteiger partial charge < -0.3 is 10.1 Å². The molecular formula is C13H17N3O. The maximum Gasteiger partial charge on any atom is 0.0736 e. The third kappa shape index (κ3) is 3.32. The molecule has 17 heavy (non-hydrogen) atoms. The van der Waals surface area contributed by atoms with Gasteiger partial charge in [-0.3, -0.25) is 5.10 Å². The van der Waals surface area contributed by atoms with Crippen molar-refractivity contribution in [2.75, 3.05) is 11.9 Å². The molecule has 1 aromatic heterocycles. The van der Waals surface area contributed by atoms with Crippen molar-refractivity contribution in [2.45, 2.75) is 20.1 Å². The predicted molar refractivity (Wildman–Crippen MR) is 67.7 cm³/mol. The maximum absolute atomic E-state index is 5.44. The summed E-state index contributed by atoms with van der Waals surface area (Å²) in [5.74, 6) is 0. The molecule has 2 aromatic rings. The van der Waals surface area contributed by atoms with E-state index in [1.165, 1.54) is 5.56 Å². The van der Waals surface area contributed by atoms with E-state index in [2.05, 4.69) is 27.6 Å². The van der Waals surface area contributed by atoms with E-state index >= 15 is 0 Å². The van der Waals surface area contributed by atoms with Crippen molar-refractivity contribution >= 4 is 5.69 Å². The van der Waals surface area contributed by atoms with Crippen LogP contribution in [0.5, 0.6) is 0 Å². The number of benzene rings is 1. The molecule has 0 aliphatic rings. The van der Waals surface area contributed by atoms with Gasteiger partial charge in [0.25, 0.3) is 0 Å². The number of hydrogen-bond acceptors (Lipinski definition) is 3. The van der Waals surface area contributed by atoms with Crippen molar-refractivity contribution in [3.8, 4) is 0 Å². The van der Waals surface area contributed by atoms with Gasteiger partial charge in [-0.25, -0.2) is 0 Å². The molecule has 0 saturated carbocycles. The van der Waals surface area contributed by atoms with Gasteiger partial charge in [0.15, 0.2) is 0 Å². The number of ether oxygens (including phenoxy) is 1. The van der Waals surface area contributed by atoms with Crippen LogP contribution in [0.15, 0.2) is 36.5 Å². The van der Waals surface area contributed by atoms with E-state index in [4.69, 9.17) is 4.74 Å². The summed E-state index contributed by atoms with van der Waals surface area (Å²) >= 11 is 0. The highest BCUT2D eigenvalue weighted by Crippen LogP contribution is 2.16. The largest absolute Gasteiger partial charge is 0.379 e. The average Bonchev–Trinajstić information content (AvgIpc) is 2.88. The standard InChI is InChI=1S/C13H17N3O/c1-2-17-10-11-5-3-4-6-13(11)14-9-12-7-8-15-16-12/h3-8,14H,2,9-10H2,1H3,(H,15,16). The number of H-pyrrole nitrogens is 1. The minimum Gasteiger partial charge on any atom is -0.379 e. The van der Waals surface area contributed by atoms with E-state index in [0.29, 0.717) is 6.61 Å². The third-order valence-corrected chi connectivity index (χ3v) is 2.51. The van der Waals surface area contributed by atoms with Gasteiger partial charge in [-0.15, -0.1) is 0 Å². The van der Waals surface area contributed by atoms with Gasteiger partial charge in [0.1, 0.15) is 0 Å². The molecule has 0 amide bonds. The van der Waals surface area contributed by atoms with Gasteiger partial charge in [0.2, 0.25) is 0 Å². The number of aromatic nitrogens is 2. The number of nitrogens with zero attached hydrogens (tertiary/aromatic N) is 1. The summed E-state index contributed by atoms with van der Waals surface area (Å²) in [6.07, 6.45) is 1.75. The van der Waals surface area contributed by atoms with Crippen LogP contribution in [0.4, 0.5) is 5.69 Å². The second-order valence-corrected chi connectivity index (χ2v) is 3.73. The lowest BCUT2D eigenvalue weighted by Gasteiger charge is -2.11. The summed E-state index contributed by atoms with van der Waals surface area (Å²) in [5, 5.41) is 10.2. The zero-order valence-corrected chi connectivity index (χ0v) is 9.94. The van der Waals surface area contributed by atoms with Crippen LogP contribution in [0.25, 0.3) is 0 Å². The molecule has 0 unspecified atom stereocenters. The Hall–Kier alpha value is -1.81. The van der Waals surface area contributed by atoms with E-state index < -0.39 is 0 Å². The molecule has 1 heterocycles. The van der Waals surface area contributed by atoms with E-state index in [-0.39, 0.29) is 0 Å². The molecule has 4 heteroatoms. The first-order valence-electron chi connectivity index (χ1n) is 5.78. The minimum absolute atomic E-state index is 0.642. The molecule has 4 nitrogen and oxygen atoms in total. The van der Waals surface area contributed by atoms with Crippen LogP contribution in [0.3, 0.4) is 0 Å². The van der Waals surface area contributed by atoms with E-state index in [1.54, 1.807) is 6.20 Å². The summed E-state index contributed by atoms with van der Waals surface area (Å²) in [4.78, 5) is 0. The molecular weight excluding hydrogens is 214 g/mol. The highest BCUT2D eigenvalue weighted by Gasteiger charge is 2.01. The van der Waals surface area contributed by atoms with E-state index in [1.807, 2.05) is 25.1 Å². The van der Waals surface area contributed by atoms with Crippen LogP contribution in [0.2, 0.25) is 0 Å². The van der Waals surface area contributed by atoms with Crippen molar-refractivity contribution in [3.05, 3.63) is 47.8 Å². The van der Waals surface area contributed by atoms with Crippen molar-refractivity contribution in [1.82, 2.24) is 10.2 Å². The molecule has 0 saturated heterocycles. The average molecular weight is 231 g/mol. The Kier molecular flexibility index (Phi) is 4.16. The van der Waals surface area contributed by atoms with Crippen molar-refractivity contribution < 1.29 is 4.74 Å². The topological polar surface area (TPSA) is 49.9 Å². The van der Waals surface area contributed by atoms with Gasteiger partial charge in [-0.05, 0) is 19.1 Å². The second-order valence-electron chi connectivity index (χ2n) is 3.73. The van der Waals surface area contributed by atoms with E-state index in [9.17, 15) is 0 Å². The molecule has 90 valence electrons. The first-order valence-corrected chi connectivity index (χ1v) is 5.78. The molecule has 2 rings (SSSR count). The second kappa shape index (κ2) is 6.06. The molecule has 0 atom stereocenters. The highest BCUT2D eigenvalue weighted by atomic mass is 16.5. The van der Waals surface area contributed by atoms with Crippen molar-refractivity contribution in [1.29, 1.82) is 0 Å². The van der Waals surface area contributed by atoms with Crippen LogP contribution in [0, 0.1) is 0 Å². The molecule has 0 spiro atoms. The molecule has 0 aliphatic carbocycles. The minimum atomic E-state index is 0.642. The number of aromatic amines is 1. The van der Waals surface area contributed by atoms with Crippen LogP contribution in [0.1, 0.15) is 18.2 Å². The fourth-order valence-electron chi connectivity index (χ4n) is 1.60. The fraction of sp³-hybridized carbons (Fsp3) is 0.308. The Morgan fingerprint density at radius 1 is 1.29 bits per heavy atom. The molecule has 2 N–H and O–H groups in total. The smallest absolute Gasteiger partial charge is 0.0736 e. The fourth-order valence-corrected chi connectivity index (χ4v) is 1.60. The Morgan fingerprint density at radius 3 is 2.94 bits per heavy atom. The lowest BCUT2D eigenvalue weighted by atomic mass is 10.2. The number of anilines is 1. The van der Waals surface area contributed by atoms with Crippen molar-refractivity contribution in [3.63, 3.8) is 0 Å². The van der Waals surface area contributed by atoms with Crippen LogP contribution < -0.4 is 5.32 Å². The quantitative estimate of drug-likeness (QED) is 0.803. The highest BCUT2D eigenvalue weighted by molar-refractivity contribution is 5.50. The van der Waals surface area contributed by atoms with Crippen LogP contribution in [-0.4, -0.2) is 16.8 Å². The molecule has 1 aromatic carbocycles. The van der Waals surface area contributed by atoms with E-state index in [0.717, 1.165) is 24.5 Å². The maximum atomic E-state index is 5.44. The molecule has 0 bridgehead atoms. The number of nitrogens with one attached hydrogen (secondary N) is 2. The molecule has 0 aliphatic heterocycles. The Morgan fingerprint density at radius 2 is 2.18 bits per heavy atom. The molecule has 0 fully saturated rings. The number of hydrogen-bond donors (Lipinski definition) is 2. The molecule has 0 radical (unpaired) electrons.